The van der Waals surface area contributed by atoms with Gasteiger partial charge < -0.3 is 5.32 Å². The molecule has 0 fully saturated rings. The third-order valence-electron chi connectivity index (χ3n) is 3.43. The van der Waals surface area contributed by atoms with Gasteiger partial charge in [0.25, 0.3) is 11.5 Å². The molecule has 0 radical (unpaired) electrons. The maximum absolute atomic E-state index is 12.8. The molecule has 0 bridgehead atoms. The summed E-state index contributed by atoms with van der Waals surface area (Å²) in [5.74, 6) is -1.12. The van der Waals surface area contributed by atoms with Crippen LogP contribution in [0.5, 0.6) is 0 Å². The normalized spacial score (nSPS) is 12.3. The molecule has 2 N–H and O–H groups in total. The van der Waals surface area contributed by atoms with Crippen LogP contribution in [0.1, 0.15) is 27.2 Å². The Morgan fingerprint density at radius 1 is 1.04 bits per heavy atom. The largest absolute Gasteiger partial charge is 0.416 e. The molecule has 1 amide bonds. The van der Waals surface area contributed by atoms with Crippen LogP contribution in [0.4, 0.5) is 32.0 Å². The van der Waals surface area contributed by atoms with Crippen LogP contribution in [0.15, 0.2) is 23.0 Å². The summed E-state index contributed by atoms with van der Waals surface area (Å²) < 4.78 is 77.9. The molecule has 0 aliphatic rings. The number of aromatic amines is 1. The number of hydrogen-bond donors (Lipinski definition) is 2. The molecule has 136 valence electrons. The van der Waals surface area contributed by atoms with E-state index >= 15 is 0 Å². The lowest BCUT2D eigenvalue weighted by Crippen LogP contribution is -2.21. The van der Waals surface area contributed by atoms with Crippen molar-refractivity contribution in [2.24, 2.45) is 7.05 Å². The van der Waals surface area contributed by atoms with Gasteiger partial charge >= 0.3 is 12.4 Å². The predicted octanol–water partition coefficient (Wildman–Crippen LogP) is 3.31. The van der Waals surface area contributed by atoms with Gasteiger partial charge in [-0.1, -0.05) is 0 Å². The summed E-state index contributed by atoms with van der Waals surface area (Å²) in [5.41, 5.74) is -4.93. The first kappa shape index (κ1) is 18.6. The molecule has 11 heteroatoms. The Balaban J connectivity index is 2.48. The molecular formula is C14H11F6N3O2. The lowest BCUT2D eigenvalue weighted by molar-refractivity contribution is -0.143. The monoisotopic (exact) mass is 367 g/mol. The molecule has 0 aliphatic heterocycles. The van der Waals surface area contributed by atoms with Crippen LogP contribution in [-0.2, 0) is 19.4 Å². The molecule has 0 atom stereocenters. The Hall–Kier alpha value is -2.72. The van der Waals surface area contributed by atoms with Crippen molar-refractivity contribution in [1.82, 2.24) is 9.78 Å². The number of carbonyl (C=O) groups excluding carboxylic acids is 1. The smallest absolute Gasteiger partial charge is 0.322 e. The Morgan fingerprint density at radius 3 is 1.88 bits per heavy atom. The van der Waals surface area contributed by atoms with Crippen molar-refractivity contribution < 1.29 is 31.1 Å². The zero-order valence-corrected chi connectivity index (χ0v) is 12.8. The van der Waals surface area contributed by atoms with Gasteiger partial charge in [0.1, 0.15) is 5.56 Å². The van der Waals surface area contributed by atoms with Crippen molar-refractivity contribution in [3.63, 3.8) is 0 Å². The highest BCUT2D eigenvalue weighted by Crippen LogP contribution is 2.37. The number of benzene rings is 1. The first-order valence-corrected chi connectivity index (χ1v) is 6.67. The SMILES string of the molecule is Cc1c(C(=O)Nc2cc(C(F)(F)F)cc(C(F)(F)F)c2)c(=O)[nH]n1C. The van der Waals surface area contributed by atoms with Crippen molar-refractivity contribution in [2.75, 3.05) is 5.32 Å². The maximum atomic E-state index is 12.8. The number of halogens is 6. The van der Waals surface area contributed by atoms with Crippen molar-refractivity contribution in [3.8, 4) is 0 Å². The first-order chi connectivity index (χ1) is 11.3. The van der Waals surface area contributed by atoms with Gasteiger partial charge in [-0.2, -0.15) is 26.3 Å². The summed E-state index contributed by atoms with van der Waals surface area (Å²) in [6.45, 7) is 1.39. The van der Waals surface area contributed by atoms with E-state index in [2.05, 4.69) is 5.10 Å². The zero-order chi connectivity index (χ0) is 19.2. The maximum Gasteiger partial charge on any atom is 0.416 e. The number of nitrogens with zero attached hydrogens (tertiary/aromatic N) is 1. The number of nitrogens with one attached hydrogen (secondary N) is 2. The van der Waals surface area contributed by atoms with E-state index in [4.69, 9.17) is 0 Å². The van der Waals surface area contributed by atoms with Crippen molar-refractivity contribution in [1.29, 1.82) is 0 Å². The highest BCUT2D eigenvalue weighted by molar-refractivity contribution is 6.04. The average molecular weight is 367 g/mol. The van der Waals surface area contributed by atoms with Gasteiger partial charge in [-0.25, -0.2) is 0 Å². The Morgan fingerprint density at radius 2 is 1.52 bits per heavy atom. The molecule has 0 spiro atoms. The molecule has 5 nitrogen and oxygen atoms in total. The van der Waals surface area contributed by atoms with E-state index in [1.165, 1.54) is 18.7 Å². The van der Waals surface area contributed by atoms with Crippen molar-refractivity contribution in [3.05, 3.63) is 50.9 Å². The van der Waals surface area contributed by atoms with E-state index < -0.39 is 46.2 Å². The minimum atomic E-state index is -5.04. The third kappa shape index (κ3) is 3.86. The number of rotatable bonds is 2. The summed E-state index contributed by atoms with van der Waals surface area (Å²) >= 11 is 0. The van der Waals surface area contributed by atoms with Gasteiger partial charge in [-0.3, -0.25) is 19.4 Å². The number of hydrogen-bond acceptors (Lipinski definition) is 2. The van der Waals surface area contributed by atoms with Crippen LogP contribution in [0, 0.1) is 6.92 Å². The average Bonchev–Trinajstić information content (AvgIpc) is 2.69. The van der Waals surface area contributed by atoms with E-state index in [0.717, 1.165) is 0 Å². The predicted molar refractivity (Wildman–Crippen MR) is 75.2 cm³/mol. The van der Waals surface area contributed by atoms with Crippen LogP contribution >= 0.6 is 0 Å². The summed E-state index contributed by atoms with van der Waals surface area (Å²) in [6.07, 6.45) is -10.1. The second kappa shape index (κ2) is 5.97. The summed E-state index contributed by atoms with van der Waals surface area (Å²) in [6, 6.07) is 0.662. The Kier molecular flexibility index (Phi) is 4.45. The van der Waals surface area contributed by atoms with Gasteiger partial charge in [0.15, 0.2) is 0 Å². The Bertz CT molecular complexity index is 844. The van der Waals surface area contributed by atoms with Crippen molar-refractivity contribution >= 4 is 11.6 Å². The van der Waals surface area contributed by atoms with E-state index in [9.17, 15) is 35.9 Å². The second-order valence-electron chi connectivity index (χ2n) is 5.21. The molecule has 2 rings (SSSR count). The molecule has 0 unspecified atom stereocenters. The van der Waals surface area contributed by atoms with Crippen LogP contribution in [0.2, 0.25) is 0 Å². The van der Waals surface area contributed by atoms with Crippen molar-refractivity contribution in [2.45, 2.75) is 19.3 Å². The molecule has 1 heterocycles. The number of anilines is 1. The second-order valence-corrected chi connectivity index (χ2v) is 5.21. The molecule has 2 aromatic rings. The van der Waals surface area contributed by atoms with Gasteiger partial charge in [0.2, 0.25) is 0 Å². The first-order valence-electron chi connectivity index (χ1n) is 6.67. The van der Waals surface area contributed by atoms with Crippen LogP contribution < -0.4 is 10.9 Å². The number of carbonyl (C=O) groups is 1. The van der Waals surface area contributed by atoms with Gasteiger partial charge in [0.05, 0.1) is 11.1 Å². The number of alkyl halides is 6. The number of aromatic nitrogens is 2. The lowest BCUT2D eigenvalue weighted by atomic mass is 10.1. The molecular weight excluding hydrogens is 356 g/mol. The van der Waals surface area contributed by atoms with Gasteiger partial charge in [-0.05, 0) is 25.1 Å². The number of H-pyrrole nitrogens is 1. The van der Waals surface area contributed by atoms with Gasteiger partial charge in [0, 0.05) is 18.4 Å². The number of amides is 1. The van der Waals surface area contributed by atoms with E-state index in [0.29, 0.717) is 12.1 Å². The molecule has 0 saturated heterocycles. The summed E-state index contributed by atoms with van der Waals surface area (Å²) in [5, 5.41) is 4.16. The van der Waals surface area contributed by atoms with Gasteiger partial charge in [-0.15, -0.1) is 0 Å². The topological polar surface area (TPSA) is 66.9 Å². The van der Waals surface area contributed by atoms with Crippen LogP contribution in [0.3, 0.4) is 0 Å². The fourth-order valence-corrected chi connectivity index (χ4v) is 2.11. The fourth-order valence-electron chi connectivity index (χ4n) is 2.11. The van der Waals surface area contributed by atoms with Crippen LogP contribution in [0.25, 0.3) is 0 Å². The summed E-state index contributed by atoms with van der Waals surface area (Å²) in [7, 11) is 1.42. The molecule has 1 aromatic carbocycles. The van der Waals surface area contributed by atoms with E-state index in [-0.39, 0.29) is 11.8 Å². The molecule has 25 heavy (non-hydrogen) atoms. The quantitative estimate of drug-likeness (QED) is 0.800. The highest BCUT2D eigenvalue weighted by Gasteiger charge is 2.37. The standard InChI is InChI=1S/C14H11F6N3O2/c1-6-10(12(25)22-23(6)2)11(24)21-9-4-7(13(15,16)17)3-8(5-9)14(18,19)20/h3-5H,1-2H3,(H,21,24)(H,22,25). The molecule has 0 saturated carbocycles. The molecule has 0 aliphatic carbocycles. The summed E-state index contributed by atoms with van der Waals surface area (Å²) in [4.78, 5) is 23.7. The minimum Gasteiger partial charge on any atom is -0.322 e. The lowest BCUT2D eigenvalue weighted by Gasteiger charge is -2.14. The van der Waals surface area contributed by atoms with Crippen LogP contribution in [-0.4, -0.2) is 15.7 Å². The zero-order valence-electron chi connectivity index (χ0n) is 12.8. The fraction of sp³-hybridized carbons (Fsp3) is 0.286. The van der Waals surface area contributed by atoms with E-state index in [1.54, 1.807) is 0 Å². The highest BCUT2D eigenvalue weighted by atomic mass is 19.4. The van der Waals surface area contributed by atoms with E-state index in [1.807, 2.05) is 5.32 Å². The third-order valence-corrected chi connectivity index (χ3v) is 3.43. The number of aryl methyl sites for hydroxylation is 1. The Labute approximate surface area is 136 Å². The minimum absolute atomic E-state index is 0.0593. The molecule has 1 aromatic heterocycles.